The quantitative estimate of drug-likeness (QED) is 0.286. The van der Waals surface area contributed by atoms with Crippen molar-refractivity contribution < 1.29 is 9.47 Å². The van der Waals surface area contributed by atoms with Gasteiger partial charge >= 0.3 is 0 Å². The summed E-state index contributed by atoms with van der Waals surface area (Å²) < 4.78 is 14.5. The molecule has 1 aromatic heterocycles. The van der Waals surface area contributed by atoms with Crippen LogP contribution >= 0.6 is 27.7 Å². The van der Waals surface area contributed by atoms with Crippen LogP contribution in [0.25, 0.3) is 0 Å². The molecule has 0 amide bonds. The molecule has 0 bridgehead atoms. The number of ether oxygens (including phenoxy) is 2. The van der Waals surface area contributed by atoms with Crippen LogP contribution < -0.4 is 14.8 Å². The van der Waals surface area contributed by atoms with Gasteiger partial charge < -0.3 is 14.8 Å². The van der Waals surface area contributed by atoms with E-state index in [9.17, 15) is 0 Å². The number of halogens is 1. The fourth-order valence-corrected chi connectivity index (χ4v) is 4.30. The fourth-order valence-electron chi connectivity index (χ4n) is 2.90. The van der Waals surface area contributed by atoms with Gasteiger partial charge in [-0.3, -0.25) is 0 Å². The van der Waals surface area contributed by atoms with Crippen LogP contribution in [0.3, 0.4) is 0 Å². The Kier molecular flexibility index (Phi) is 9.17. The first-order chi connectivity index (χ1) is 15.1. The molecule has 0 aliphatic heterocycles. The van der Waals surface area contributed by atoms with Crippen LogP contribution in [0.5, 0.6) is 11.5 Å². The Hall–Kier alpha value is -2.10. The Labute approximate surface area is 196 Å². The van der Waals surface area contributed by atoms with Crippen molar-refractivity contribution in [3.63, 3.8) is 0 Å². The van der Waals surface area contributed by atoms with Crippen molar-refractivity contribution in [2.45, 2.75) is 38.6 Å². The number of tetrazole rings is 1. The molecule has 2 aromatic carbocycles. The molecule has 7 nitrogen and oxygen atoms in total. The lowest BCUT2D eigenvalue weighted by Crippen LogP contribution is -2.15. The Balaban J connectivity index is 1.51. The van der Waals surface area contributed by atoms with Gasteiger partial charge in [-0.1, -0.05) is 41.6 Å². The smallest absolute Gasteiger partial charge is 0.209 e. The minimum Gasteiger partial charge on any atom is -0.490 e. The third kappa shape index (κ3) is 7.22. The third-order valence-electron chi connectivity index (χ3n) is 4.51. The Morgan fingerprint density at radius 3 is 2.65 bits per heavy atom. The van der Waals surface area contributed by atoms with E-state index >= 15 is 0 Å². The van der Waals surface area contributed by atoms with E-state index in [4.69, 9.17) is 9.47 Å². The van der Waals surface area contributed by atoms with E-state index in [1.807, 2.05) is 20.0 Å². The fraction of sp³-hybridized carbons (Fsp3) is 0.409. The number of nitrogens with zero attached hydrogens (tertiary/aromatic N) is 4. The summed E-state index contributed by atoms with van der Waals surface area (Å²) in [5.74, 6) is 2.45. The first-order valence-electron chi connectivity index (χ1n) is 10.3. The maximum atomic E-state index is 6.09. The number of benzene rings is 2. The minimum atomic E-state index is 0.495. The molecular weight excluding hydrogens is 478 g/mol. The zero-order valence-corrected chi connectivity index (χ0v) is 20.5. The van der Waals surface area contributed by atoms with E-state index in [0.29, 0.717) is 13.2 Å². The van der Waals surface area contributed by atoms with Gasteiger partial charge in [-0.2, -0.15) is 0 Å². The first kappa shape index (κ1) is 23.6. The SMILES string of the molecule is CCOc1cc(CNCCCSc2nnnn2C)cc(Br)c1OCc1ccc(C)cc1. The summed E-state index contributed by atoms with van der Waals surface area (Å²) in [4.78, 5) is 0. The number of rotatable bonds is 12. The molecule has 31 heavy (non-hydrogen) atoms. The van der Waals surface area contributed by atoms with Crippen molar-refractivity contribution in [2.75, 3.05) is 18.9 Å². The van der Waals surface area contributed by atoms with Crippen molar-refractivity contribution in [2.24, 2.45) is 7.05 Å². The van der Waals surface area contributed by atoms with Crippen molar-refractivity contribution in [1.29, 1.82) is 0 Å². The number of hydrogen-bond acceptors (Lipinski definition) is 7. The van der Waals surface area contributed by atoms with E-state index in [2.05, 4.69) is 74.0 Å². The molecule has 1 N–H and O–H groups in total. The summed E-state index contributed by atoms with van der Waals surface area (Å²) in [6, 6.07) is 12.5. The van der Waals surface area contributed by atoms with Gasteiger partial charge in [0.05, 0.1) is 11.1 Å². The minimum absolute atomic E-state index is 0.495. The van der Waals surface area contributed by atoms with E-state index in [0.717, 1.165) is 57.5 Å². The van der Waals surface area contributed by atoms with E-state index in [1.165, 1.54) is 5.56 Å². The Morgan fingerprint density at radius 2 is 1.94 bits per heavy atom. The molecule has 0 saturated heterocycles. The van der Waals surface area contributed by atoms with E-state index in [1.54, 1.807) is 16.4 Å². The largest absolute Gasteiger partial charge is 0.490 e. The third-order valence-corrected chi connectivity index (χ3v) is 6.20. The molecule has 9 heteroatoms. The van der Waals surface area contributed by atoms with Crippen LogP contribution in [-0.4, -0.2) is 39.1 Å². The van der Waals surface area contributed by atoms with Gasteiger partial charge in [0.15, 0.2) is 11.5 Å². The van der Waals surface area contributed by atoms with Gasteiger partial charge in [-0.05, 0) is 76.4 Å². The second-order valence-electron chi connectivity index (χ2n) is 7.08. The normalized spacial score (nSPS) is 11.0. The average molecular weight is 506 g/mol. The van der Waals surface area contributed by atoms with Gasteiger partial charge in [0.2, 0.25) is 5.16 Å². The highest BCUT2D eigenvalue weighted by atomic mass is 79.9. The number of aromatic nitrogens is 4. The van der Waals surface area contributed by atoms with Crippen LogP contribution in [0.15, 0.2) is 46.0 Å². The lowest BCUT2D eigenvalue weighted by atomic mass is 10.1. The zero-order valence-electron chi connectivity index (χ0n) is 18.1. The topological polar surface area (TPSA) is 74.1 Å². The second kappa shape index (κ2) is 12.1. The molecular formula is C22H28BrN5O2S. The molecule has 166 valence electrons. The van der Waals surface area contributed by atoms with Crippen molar-refractivity contribution in [3.05, 3.63) is 57.6 Å². The lowest BCUT2D eigenvalue weighted by molar-refractivity contribution is 0.267. The standard InChI is InChI=1S/C22H28BrN5O2S/c1-4-29-20-13-18(14-24-10-5-11-31-22-25-26-27-28(22)3)12-19(23)21(20)30-15-17-8-6-16(2)7-9-17/h6-9,12-13,24H,4-5,10-11,14-15H2,1-3H3. The summed E-state index contributed by atoms with van der Waals surface area (Å²) in [7, 11) is 1.85. The maximum Gasteiger partial charge on any atom is 0.209 e. The number of aryl methyl sites for hydroxylation is 2. The van der Waals surface area contributed by atoms with Crippen molar-refractivity contribution in [1.82, 2.24) is 25.5 Å². The average Bonchev–Trinajstić information content (AvgIpc) is 3.16. The summed E-state index contributed by atoms with van der Waals surface area (Å²) >= 11 is 5.32. The summed E-state index contributed by atoms with van der Waals surface area (Å²) in [5.41, 5.74) is 3.50. The second-order valence-corrected chi connectivity index (χ2v) is 8.99. The van der Waals surface area contributed by atoms with Crippen LogP contribution in [0, 0.1) is 6.92 Å². The van der Waals surface area contributed by atoms with E-state index in [-0.39, 0.29) is 0 Å². The first-order valence-corrected chi connectivity index (χ1v) is 12.0. The van der Waals surface area contributed by atoms with Crippen LogP contribution in [0.2, 0.25) is 0 Å². The Bertz CT molecular complexity index is 965. The van der Waals surface area contributed by atoms with Gasteiger partial charge in [-0.25, -0.2) is 4.68 Å². The van der Waals surface area contributed by atoms with Crippen molar-refractivity contribution in [3.8, 4) is 11.5 Å². The van der Waals surface area contributed by atoms with Crippen molar-refractivity contribution >= 4 is 27.7 Å². The molecule has 0 spiro atoms. The van der Waals surface area contributed by atoms with Gasteiger partial charge in [-0.15, -0.1) is 5.10 Å². The molecule has 0 fully saturated rings. The van der Waals surface area contributed by atoms with Gasteiger partial charge in [0.25, 0.3) is 0 Å². The molecule has 3 rings (SSSR count). The number of nitrogens with one attached hydrogen (secondary N) is 1. The predicted molar refractivity (Wildman–Crippen MR) is 127 cm³/mol. The molecule has 3 aromatic rings. The van der Waals surface area contributed by atoms with Crippen LogP contribution in [0.4, 0.5) is 0 Å². The van der Waals surface area contributed by atoms with Gasteiger partial charge in [0, 0.05) is 19.3 Å². The maximum absolute atomic E-state index is 6.09. The lowest BCUT2D eigenvalue weighted by Gasteiger charge is -2.16. The predicted octanol–water partition coefficient (Wildman–Crippen LogP) is 4.53. The highest BCUT2D eigenvalue weighted by Crippen LogP contribution is 2.37. The van der Waals surface area contributed by atoms with Crippen LogP contribution in [-0.2, 0) is 20.2 Å². The number of hydrogen-bond donors (Lipinski definition) is 1. The van der Waals surface area contributed by atoms with E-state index < -0.39 is 0 Å². The summed E-state index contributed by atoms with van der Waals surface area (Å²) in [5, 5.41) is 15.8. The molecule has 0 radical (unpaired) electrons. The number of thioether (sulfide) groups is 1. The summed E-state index contributed by atoms with van der Waals surface area (Å²) in [6.07, 6.45) is 1.02. The molecule has 0 aliphatic carbocycles. The van der Waals surface area contributed by atoms with Crippen LogP contribution in [0.1, 0.15) is 30.0 Å². The highest BCUT2D eigenvalue weighted by Gasteiger charge is 2.13. The van der Waals surface area contributed by atoms with Gasteiger partial charge in [0.1, 0.15) is 6.61 Å². The molecule has 1 heterocycles. The monoisotopic (exact) mass is 505 g/mol. The highest BCUT2D eigenvalue weighted by molar-refractivity contribution is 9.10. The molecule has 0 saturated carbocycles. The Morgan fingerprint density at radius 1 is 1.13 bits per heavy atom. The zero-order chi connectivity index (χ0) is 22.1. The molecule has 0 atom stereocenters. The molecule has 0 unspecified atom stereocenters. The molecule has 0 aliphatic rings. The summed E-state index contributed by atoms with van der Waals surface area (Å²) in [6.45, 7) is 6.80.